The Hall–Kier alpha value is -0.110. The first kappa shape index (κ1) is 7.00. The Kier molecular flexibility index (Phi) is 1.31. The lowest BCUT2D eigenvalue weighted by Crippen LogP contribution is -2.58. The van der Waals surface area contributed by atoms with Crippen molar-refractivity contribution >= 4 is 0 Å². The molecule has 0 aromatic carbocycles. The summed E-state index contributed by atoms with van der Waals surface area (Å²) in [6.45, 7) is 3.71. The quantitative estimate of drug-likeness (QED) is 0.568. The van der Waals surface area contributed by atoms with Crippen LogP contribution in [0.5, 0.6) is 0 Å². The maximum atomic E-state index is 12.8. The summed E-state index contributed by atoms with van der Waals surface area (Å²) in [4.78, 5) is 0. The summed E-state index contributed by atoms with van der Waals surface area (Å²) in [5.74, 6) is 0. The van der Waals surface area contributed by atoms with Crippen molar-refractivity contribution in [2.45, 2.75) is 37.9 Å². The largest absolute Gasteiger partial charge is 0.314 e. The Bertz CT molecular complexity index is 112. The SMILES string of the molecule is CNC1(C)CC(C)(F)C1. The van der Waals surface area contributed by atoms with E-state index in [1.807, 2.05) is 14.0 Å². The van der Waals surface area contributed by atoms with E-state index < -0.39 is 5.67 Å². The van der Waals surface area contributed by atoms with Gasteiger partial charge in [-0.3, -0.25) is 0 Å². The van der Waals surface area contributed by atoms with Gasteiger partial charge in [0.1, 0.15) is 5.67 Å². The molecular formula is C7H14FN. The number of nitrogens with one attached hydrogen (secondary N) is 1. The predicted octanol–water partition coefficient (Wildman–Crippen LogP) is 1.49. The molecule has 0 atom stereocenters. The van der Waals surface area contributed by atoms with E-state index in [9.17, 15) is 4.39 Å². The standard InChI is InChI=1S/C7H14FN/c1-6(8)4-7(2,5-6)9-3/h9H,4-5H2,1-3H3. The van der Waals surface area contributed by atoms with Gasteiger partial charge in [0, 0.05) is 5.54 Å². The number of halogens is 1. The maximum absolute atomic E-state index is 12.8. The van der Waals surface area contributed by atoms with E-state index in [0.29, 0.717) is 12.8 Å². The van der Waals surface area contributed by atoms with Crippen molar-refractivity contribution in [3.05, 3.63) is 0 Å². The Morgan fingerprint density at radius 3 is 1.89 bits per heavy atom. The Balaban J connectivity index is 2.41. The van der Waals surface area contributed by atoms with Gasteiger partial charge < -0.3 is 5.32 Å². The highest BCUT2D eigenvalue weighted by Crippen LogP contribution is 2.43. The van der Waals surface area contributed by atoms with Crippen molar-refractivity contribution in [1.82, 2.24) is 5.32 Å². The van der Waals surface area contributed by atoms with Crippen LogP contribution in [0.3, 0.4) is 0 Å². The minimum Gasteiger partial charge on any atom is -0.314 e. The third kappa shape index (κ3) is 1.23. The lowest BCUT2D eigenvalue weighted by molar-refractivity contribution is -0.00352. The summed E-state index contributed by atoms with van der Waals surface area (Å²) in [5.41, 5.74) is -0.832. The van der Waals surface area contributed by atoms with E-state index >= 15 is 0 Å². The van der Waals surface area contributed by atoms with Gasteiger partial charge in [-0.15, -0.1) is 0 Å². The molecule has 1 nitrogen and oxygen atoms in total. The molecular weight excluding hydrogens is 117 g/mol. The van der Waals surface area contributed by atoms with E-state index in [-0.39, 0.29) is 5.54 Å². The average molecular weight is 131 g/mol. The predicted molar refractivity (Wildman–Crippen MR) is 36.2 cm³/mol. The molecule has 1 N–H and O–H groups in total. The molecule has 1 rings (SSSR count). The van der Waals surface area contributed by atoms with Gasteiger partial charge in [-0.05, 0) is 33.7 Å². The minimum absolute atomic E-state index is 0.0729. The lowest BCUT2D eigenvalue weighted by atomic mass is 9.68. The first-order valence-electron chi connectivity index (χ1n) is 3.35. The number of hydrogen-bond donors (Lipinski definition) is 1. The van der Waals surface area contributed by atoms with Gasteiger partial charge >= 0.3 is 0 Å². The second-order valence-corrected chi connectivity index (χ2v) is 3.58. The normalized spacial score (nSPS) is 50.7. The Morgan fingerprint density at radius 1 is 1.33 bits per heavy atom. The average Bonchev–Trinajstić information content (AvgIpc) is 1.61. The zero-order valence-corrected chi connectivity index (χ0v) is 6.29. The van der Waals surface area contributed by atoms with Crippen molar-refractivity contribution in [1.29, 1.82) is 0 Å². The zero-order valence-electron chi connectivity index (χ0n) is 6.29. The number of rotatable bonds is 1. The fourth-order valence-electron chi connectivity index (χ4n) is 1.75. The van der Waals surface area contributed by atoms with Crippen LogP contribution < -0.4 is 5.32 Å². The van der Waals surface area contributed by atoms with Gasteiger partial charge in [0.25, 0.3) is 0 Å². The molecule has 1 fully saturated rings. The highest BCUT2D eigenvalue weighted by molar-refractivity contribution is 5.04. The molecule has 0 bridgehead atoms. The van der Waals surface area contributed by atoms with Crippen LogP contribution in [-0.2, 0) is 0 Å². The Labute approximate surface area is 55.6 Å². The lowest BCUT2D eigenvalue weighted by Gasteiger charge is -2.47. The first-order valence-corrected chi connectivity index (χ1v) is 3.35. The zero-order chi connectivity index (χ0) is 7.12. The topological polar surface area (TPSA) is 12.0 Å². The molecule has 0 aromatic rings. The summed E-state index contributed by atoms with van der Waals surface area (Å²) in [6, 6.07) is 0. The van der Waals surface area contributed by atoms with Crippen LogP contribution in [0.25, 0.3) is 0 Å². The number of hydrogen-bond acceptors (Lipinski definition) is 1. The van der Waals surface area contributed by atoms with Gasteiger partial charge in [0.2, 0.25) is 0 Å². The molecule has 0 saturated heterocycles. The molecule has 9 heavy (non-hydrogen) atoms. The first-order chi connectivity index (χ1) is 3.97. The minimum atomic E-state index is -0.905. The van der Waals surface area contributed by atoms with Crippen LogP contribution in [0.1, 0.15) is 26.7 Å². The van der Waals surface area contributed by atoms with Crippen LogP contribution in [0.4, 0.5) is 4.39 Å². The monoisotopic (exact) mass is 131 g/mol. The molecule has 1 aliphatic rings. The van der Waals surface area contributed by atoms with Gasteiger partial charge in [-0.25, -0.2) is 4.39 Å². The van der Waals surface area contributed by atoms with Gasteiger partial charge in [0.05, 0.1) is 0 Å². The van der Waals surface area contributed by atoms with Crippen LogP contribution in [0.2, 0.25) is 0 Å². The maximum Gasteiger partial charge on any atom is 0.111 e. The van der Waals surface area contributed by atoms with Gasteiger partial charge in [-0.2, -0.15) is 0 Å². The van der Waals surface area contributed by atoms with Crippen LogP contribution in [0.15, 0.2) is 0 Å². The van der Waals surface area contributed by atoms with E-state index in [4.69, 9.17) is 0 Å². The summed E-state index contributed by atoms with van der Waals surface area (Å²) in [6.07, 6.45) is 1.30. The van der Waals surface area contributed by atoms with E-state index in [2.05, 4.69) is 5.32 Å². The molecule has 2 heteroatoms. The van der Waals surface area contributed by atoms with Gasteiger partial charge in [0.15, 0.2) is 0 Å². The van der Waals surface area contributed by atoms with Crippen LogP contribution in [-0.4, -0.2) is 18.3 Å². The molecule has 0 spiro atoms. The summed E-state index contributed by atoms with van der Waals surface area (Å²) >= 11 is 0. The third-order valence-electron chi connectivity index (χ3n) is 2.12. The molecule has 0 heterocycles. The fraction of sp³-hybridized carbons (Fsp3) is 1.00. The van der Waals surface area contributed by atoms with E-state index in [1.165, 1.54) is 0 Å². The molecule has 0 aliphatic heterocycles. The van der Waals surface area contributed by atoms with Gasteiger partial charge in [-0.1, -0.05) is 0 Å². The molecule has 0 amide bonds. The van der Waals surface area contributed by atoms with Crippen molar-refractivity contribution in [3.8, 4) is 0 Å². The number of alkyl halides is 1. The smallest absolute Gasteiger partial charge is 0.111 e. The molecule has 1 aliphatic carbocycles. The van der Waals surface area contributed by atoms with Crippen molar-refractivity contribution < 1.29 is 4.39 Å². The molecule has 0 aromatic heterocycles. The second-order valence-electron chi connectivity index (χ2n) is 3.58. The molecule has 1 saturated carbocycles. The third-order valence-corrected chi connectivity index (χ3v) is 2.12. The van der Waals surface area contributed by atoms with E-state index in [0.717, 1.165) is 0 Å². The van der Waals surface area contributed by atoms with Crippen molar-refractivity contribution in [2.24, 2.45) is 0 Å². The summed E-state index contributed by atoms with van der Waals surface area (Å²) in [5, 5.41) is 3.09. The second kappa shape index (κ2) is 1.69. The molecule has 0 radical (unpaired) electrons. The summed E-state index contributed by atoms with van der Waals surface area (Å²) < 4.78 is 12.8. The molecule has 54 valence electrons. The van der Waals surface area contributed by atoms with Crippen LogP contribution in [0, 0.1) is 0 Å². The highest BCUT2D eigenvalue weighted by atomic mass is 19.1. The van der Waals surface area contributed by atoms with Crippen molar-refractivity contribution in [3.63, 3.8) is 0 Å². The van der Waals surface area contributed by atoms with Crippen molar-refractivity contribution in [2.75, 3.05) is 7.05 Å². The van der Waals surface area contributed by atoms with Crippen LogP contribution >= 0.6 is 0 Å². The summed E-state index contributed by atoms with van der Waals surface area (Å²) in [7, 11) is 1.88. The molecule has 0 unspecified atom stereocenters. The fourth-order valence-corrected chi connectivity index (χ4v) is 1.75. The highest BCUT2D eigenvalue weighted by Gasteiger charge is 2.48. The van der Waals surface area contributed by atoms with E-state index in [1.54, 1.807) is 6.92 Å². The Morgan fingerprint density at radius 2 is 1.78 bits per heavy atom.